The lowest BCUT2D eigenvalue weighted by Crippen LogP contribution is -2.59. The molecular weight excluding hydrogens is 562 g/mol. The van der Waals surface area contributed by atoms with E-state index in [9.17, 15) is 14.7 Å². The Labute approximate surface area is 262 Å². The lowest BCUT2D eigenvalue weighted by Gasteiger charge is -2.50. The fraction of sp³-hybridized carbons (Fsp3) is 0.714. The van der Waals surface area contributed by atoms with Crippen LogP contribution in [0.25, 0.3) is 0 Å². The summed E-state index contributed by atoms with van der Waals surface area (Å²) in [4.78, 5) is 26.4. The number of ether oxygens (including phenoxy) is 5. The lowest BCUT2D eigenvalue weighted by atomic mass is 9.70. The van der Waals surface area contributed by atoms with Gasteiger partial charge in [-0.15, -0.1) is 0 Å². The van der Waals surface area contributed by atoms with E-state index in [0.29, 0.717) is 42.2 Å². The van der Waals surface area contributed by atoms with Gasteiger partial charge in [-0.1, -0.05) is 63.6 Å². The number of fused-ring (bicyclic) bond motifs is 2. The molecule has 5 rings (SSSR count). The molecule has 0 unspecified atom stereocenters. The third-order valence-corrected chi connectivity index (χ3v) is 10.1. The molecular formula is C35H51NO8. The van der Waals surface area contributed by atoms with Crippen molar-refractivity contribution in [3.05, 3.63) is 47.1 Å². The maximum atomic E-state index is 14.2. The van der Waals surface area contributed by atoms with Crippen LogP contribution in [0.3, 0.4) is 0 Å². The van der Waals surface area contributed by atoms with Crippen molar-refractivity contribution in [1.29, 1.82) is 0 Å². The highest BCUT2D eigenvalue weighted by atomic mass is 16.7. The van der Waals surface area contributed by atoms with Gasteiger partial charge in [-0.25, -0.2) is 4.79 Å². The van der Waals surface area contributed by atoms with E-state index in [0.717, 1.165) is 19.3 Å². The summed E-state index contributed by atoms with van der Waals surface area (Å²) >= 11 is 0. The molecule has 244 valence electrons. The molecule has 44 heavy (non-hydrogen) atoms. The first-order valence-electron chi connectivity index (χ1n) is 16.4. The van der Waals surface area contributed by atoms with Gasteiger partial charge in [0, 0.05) is 26.3 Å². The molecule has 9 nitrogen and oxygen atoms in total. The largest absolute Gasteiger partial charge is 0.462 e. The van der Waals surface area contributed by atoms with Crippen LogP contribution >= 0.6 is 0 Å². The van der Waals surface area contributed by atoms with Crippen LogP contribution in [0.1, 0.15) is 80.1 Å². The Morgan fingerprint density at radius 2 is 1.95 bits per heavy atom. The summed E-state index contributed by atoms with van der Waals surface area (Å²) in [6.45, 7) is 12.8. The molecule has 4 heterocycles. The van der Waals surface area contributed by atoms with Crippen LogP contribution in [-0.2, 0) is 28.5 Å². The minimum absolute atomic E-state index is 0.0487. The van der Waals surface area contributed by atoms with Gasteiger partial charge in [-0.2, -0.15) is 0 Å². The Kier molecular flexibility index (Phi) is 9.81. The lowest BCUT2D eigenvalue weighted by molar-refractivity contribution is -0.340. The second-order valence-electron chi connectivity index (χ2n) is 14.1. The molecule has 2 bridgehead atoms. The first-order valence-corrected chi connectivity index (χ1v) is 16.4. The quantitative estimate of drug-likeness (QED) is 0.309. The highest BCUT2D eigenvalue weighted by Gasteiger charge is 2.61. The van der Waals surface area contributed by atoms with Crippen molar-refractivity contribution >= 4 is 12.1 Å². The molecule has 3 saturated heterocycles. The minimum Gasteiger partial charge on any atom is -0.462 e. The average Bonchev–Trinajstić information content (AvgIpc) is 3.30. The zero-order valence-corrected chi connectivity index (χ0v) is 27.3. The second-order valence-corrected chi connectivity index (χ2v) is 14.1. The van der Waals surface area contributed by atoms with E-state index in [1.54, 1.807) is 13.0 Å². The number of aliphatic hydroxyl groups is 1. The molecule has 5 aliphatic rings. The van der Waals surface area contributed by atoms with E-state index >= 15 is 0 Å². The van der Waals surface area contributed by atoms with Gasteiger partial charge in [-0.05, 0) is 62.0 Å². The predicted octanol–water partition coefficient (Wildman–Crippen LogP) is 5.53. The Morgan fingerprint density at radius 3 is 2.68 bits per heavy atom. The molecule has 0 aromatic carbocycles. The van der Waals surface area contributed by atoms with E-state index in [1.807, 2.05) is 12.2 Å². The number of nitrogens with one attached hydrogen (secondary N) is 1. The van der Waals surface area contributed by atoms with Crippen LogP contribution in [0.2, 0.25) is 0 Å². The van der Waals surface area contributed by atoms with Crippen LogP contribution in [-0.4, -0.2) is 72.7 Å². The third-order valence-electron chi connectivity index (χ3n) is 10.1. The standard InChI is InChI=1S/C35H51NO8/c1-20(2)29-23(5)13-14-34(44-29)18-27-17-26(43-34)12-11-22(4)15-21(3)9-8-10-25-19-40-31-30(42-33(38)36-7)24(6)16-28(32(37)41-27)35(25,31)39/h8-11,16,20-21,23,26-31,39H,12-15,17-19H2,1-7H3,(H,36,38)/b9-8+,22-11+,25-10+/t21-,23-,26+,27-,28-,29+,30+,31+,34+,35+/m0/s1. The Hall–Kier alpha value is -2.46. The van der Waals surface area contributed by atoms with Crippen molar-refractivity contribution in [2.24, 2.45) is 23.7 Å². The molecule has 0 saturated carbocycles. The smallest absolute Gasteiger partial charge is 0.407 e. The number of carbonyl (C=O) groups is 2. The van der Waals surface area contributed by atoms with Crippen molar-refractivity contribution < 1.29 is 38.4 Å². The molecule has 0 radical (unpaired) electrons. The Bertz CT molecular complexity index is 1220. The van der Waals surface area contributed by atoms with Crippen molar-refractivity contribution in [3.63, 3.8) is 0 Å². The highest BCUT2D eigenvalue weighted by Crippen LogP contribution is 2.48. The van der Waals surface area contributed by atoms with Gasteiger partial charge in [0.1, 0.15) is 23.7 Å². The van der Waals surface area contributed by atoms with Gasteiger partial charge in [0.25, 0.3) is 0 Å². The highest BCUT2D eigenvalue weighted by molar-refractivity contribution is 5.79. The molecule has 0 aromatic rings. The van der Waals surface area contributed by atoms with E-state index in [2.05, 4.69) is 52.1 Å². The van der Waals surface area contributed by atoms with E-state index in [1.165, 1.54) is 12.6 Å². The van der Waals surface area contributed by atoms with Gasteiger partial charge in [0.05, 0.1) is 18.8 Å². The molecule has 10 atom stereocenters. The molecule has 4 aliphatic heterocycles. The summed E-state index contributed by atoms with van der Waals surface area (Å²) in [5, 5.41) is 14.9. The molecule has 2 N–H and O–H groups in total. The number of esters is 1. The second kappa shape index (κ2) is 13.1. The fourth-order valence-corrected chi connectivity index (χ4v) is 7.79. The van der Waals surface area contributed by atoms with Gasteiger partial charge >= 0.3 is 12.1 Å². The summed E-state index contributed by atoms with van der Waals surface area (Å²) in [7, 11) is 1.48. The number of hydrogen-bond acceptors (Lipinski definition) is 8. The zero-order chi connectivity index (χ0) is 31.8. The SMILES string of the molecule is CNC(=O)O[C@@H]1C(C)=C[C@H]2C(=O)O[C@H]3C[C@@H](C/C=C(\C)C[C@@H](C)/C=C/C=C4\CO[C@H]1[C@@]42O)O[C@@]1(CC[C@H](C)[C@@H](C(C)C)O1)C3. The average molecular weight is 614 g/mol. The first-order chi connectivity index (χ1) is 20.8. The number of carbonyl (C=O) groups excluding carboxylic acids is 2. The summed E-state index contributed by atoms with van der Waals surface area (Å²) in [5.41, 5.74) is 0.683. The maximum absolute atomic E-state index is 14.2. The minimum atomic E-state index is -1.75. The summed E-state index contributed by atoms with van der Waals surface area (Å²) < 4.78 is 31.6. The van der Waals surface area contributed by atoms with Crippen molar-refractivity contribution in [1.82, 2.24) is 5.32 Å². The number of rotatable bonds is 2. The Balaban J connectivity index is 1.52. The fourth-order valence-electron chi connectivity index (χ4n) is 7.79. The predicted molar refractivity (Wildman–Crippen MR) is 165 cm³/mol. The van der Waals surface area contributed by atoms with Crippen LogP contribution in [0.4, 0.5) is 4.79 Å². The molecule has 0 aromatic heterocycles. The molecule has 1 amide bonds. The number of hydrogen-bond donors (Lipinski definition) is 2. The van der Waals surface area contributed by atoms with Crippen molar-refractivity contribution in [2.75, 3.05) is 13.7 Å². The van der Waals surface area contributed by atoms with E-state index < -0.39 is 47.7 Å². The van der Waals surface area contributed by atoms with Gasteiger partial charge in [0.2, 0.25) is 0 Å². The number of amides is 1. The normalized spacial score (nSPS) is 44.4. The van der Waals surface area contributed by atoms with E-state index in [-0.39, 0.29) is 24.7 Å². The van der Waals surface area contributed by atoms with Gasteiger partial charge < -0.3 is 34.1 Å². The third kappa shape index (κ3) is 6.57. The van der Waals surface area contributed by atoms with Crippen molar-refractivity contribution in [2.45, 2.75) is 122 Å². The zero-order valence-electron chi connectivity index (χ0n) is 27.3. The number of alkyl carbamates (subject to hydrolysis) is 1. The van der Waals surface area contributed by atoms with Gasteiger partial charge in [0.15, 0.2) is 11.9 Å². The van der Waals surface area contributed by atoms with Crippen molar-refractivity contribution in [3.8, 4) is 0 Å². The number of allylic oxidation sites excluding steroid dienone is 4. The molecule has 9 heteroatoms. The molecule has 3 fully saturated rings. The van der Waals surface area contributed by atoms with Crippen LogP contribution < -0.4 is 5.32 Å². The van der Waals surface area contributed by atoms with E-state index in [4.69, 9.17) is 23.7 Å². The summed E-state index contributed by atoms with van der Waals surface area (Å²) in [5.74, 6) is -1.42. The summed E-state index contributed by atoms with van der Waals surface area (Å²) in [6, 6.07) is 0. The Morgan fingerprint density at radius 1 is 1.18 bits per heavy atom. The van der Waals surface area contributed by atoms with Gasteiger partial charge in [-0.3, -0.25) is 4.79 Å². The monoisotopic (exact) mass is 613 g/mol. The maximum Gasteiger partial charge on any atom is 0.407 e. The summed E-state index contributed by atoms with van der Waals surface area (Å²) in [6.07, 6.45) is 11.0. The molecule has 1 aliphatic carbocycles. The first kappa shape index (κ1) is 32.9. The van der Waals surface area contributed by atoms with Crippen LogP contribution in [0, 0.1) is 23.7 Å². The topological polar surface area (TPSA) is 113 Å². The van der Waals surface area contributed by atoms with Crippen LogP contribution in [0.15, 0.2) is 47.1 Å². The van der Waals surface area contributed by atoms with Crippen LogP contribution in [0.5, 0.6) is 0 Å². The molecule has 1 spiro atoms.